The summed E-state index contributed by atoms with van der Waals surface area (Å²) in [6.45, 7) is 9.83. The molecule has 7 rings (SSSR count). The monoisotopic (exact) mass is 683 g/mol. The number of fused-ring (bicyclic) bond motifs is 3. The third-order valence-corrected chi connectivity index (χ3v) is 11.0. The van der Waals surface area contributed by atoms with Crippen LogP contribution in [0.5, 0.6) is 0 Å². The second-order valence-electron chi connectivity index (χ2n) is 15.0. The van der Waals surface area contributed by atoms with Crippen LogP contribution in [0.15, 0.2) is 30.5 Å². The third-order valence-electron chi connectivity index (χ3n) is 11.0. The van der Waals surface area contributed by atoms with Crippen LogP contribution >= 0.6 is 0 Å². The van der Waals surface area contributed by atoms with Crippen molar-refractivity contribution in [2.75, 3.05) is 0 Å². The molecule has 4 aliphatic heterocycles. The first-order chi connectivity index (χ1) is 23.3. The van der Waals surface area contributed by atoms with Crippen LogP contribution in [0.2, 0.25) is 0 Å². The average molecular weight is 684 g/mol. The number of nitrogens with one attached hydrogen (secondary N) is 3. The predicted molar refractivity (Wildman–Crippen MR) is 175 cm³/mol. The van der Waals surface area contributed by atoms with Crippen LogP contribution in [-0.2, 0) is 49.6 Å². The Hall–Kier alpha value is -3.52. The van der Waals surface area contributed by atoms with Gasteiger partial charge in [0.05, 0.1) is 6.42 Å². The smallest absolute Gasteiger partial charge is 0.326 e. The minimum absolute atomic E-state index is 0.0166. The number of carboxylic acids is 1. The van der Waals surface area contributed by atoms with Gasteiger partial charge in [-0.1, -0.05) is 45.9 Å². The third kappa shape index (κ3) is 7.08. The van der Waals surface area contributed by atoms with Gasteiger partial charge in [0, 0.05) is 48.2 Å². The number of ether oxygens (including phenoxy) is 3. The van der Waals surface area contributed by atoms with Gasteiger partial charge in [0.1, 0.15) is 12.1 Å². The molecule has 1 spiro atoms. The lowest BCUT2D eigenvalue weighted by molar-refractivity contribution is -0.576. The lowest BCUT2D eigenvalue weighted by Crippen LogP contribution is -2.70. The highest BCUT2D eigenvalue weighted by atomic mass is 17.3. The predicted octanol–water partition coefficient (Wildman–Crippen LogP) is 4.34. The molecule has 10 unspecified atom stereocenters. The highest BCUT2D eigenvalue weighted by Gasteiger charge is 2.69. The maximum Gasteiger partial charge on any atom is 0.326 e. The fourth-order valence-electron chi connectivity index (χ4n) is 8.37. The summed E-state index contributed by atoms with van der Waals surface area (Å²) < 4.78 is 18.5. The fourth-order valence-corrected chi connectivity index (χ4v) is 8.37. The normalized spacial score (nSPS) is 33.3. The van der Waals surface area contributed by atoms with E-state index in [2.05, 4.69) is 22.5 Å². The van der Waals surface area contributed by atoms with E-state index < -0.39 is 59.8 Å². The Morgan fingerprint density at radius 1 is 1.02 bits per heavy atom. The molecule has 0 radical (unpaired) electrons. The zero-order valence-electron chi connectivity index (χ0n) is 28.9. The SMILES string of the molecule is CC(C)CC(NC(=O)CCC(=O)OC1OC2OC3(C)CCC4C(C)CCC(C1C)C24OO3)C(=O)NC(Cc1c[nH]c2ccccc12)C(=O)O. The van der Waals surface area contributed by atoms with Crippen molar-refractivity contribution in [3.8, 4) is 0 Å². The van der Waals surface area contributed by atoms with Crippen molar-refractivity contribution >= 4 is 34.7 Å². The van der Waals surface area contributed by atoms with E-state index in [1.165, 1.54) is 0 Å². The Morgan fingerprint density at radius 2 is 1.80 bits per heavy atom. The first-order valence-corrected chi connectivity index (χ1v) is 17.6. The van der Waals surface area contributed by atoms with Crippen LogP contribution < -0.4 is 10.6 Å². The number of carbonyl (C=O) groups excluding carboxylic acids is 3. The first kappa shape index (κ1) is 35.3. The number of aromatic amines is 1. The van der Waals surface area contributed by atoms with E-state index in [9.17, 15) is 24.3 Å². The van der Waals surface area contributed by atoms with Gasteiger partial charge in [0.25, 0.3) is 0 Å². The second-order valence-corrected chi connectivity index (χ2v) is 15.0. The number of hydrogen-bond donors (Lipinski definition) is 4. The maximum atomic E-state index is 13.3. The summed E-state index contributed by atoms with van der Waals surface area (Å²) in [5.41, 5.74) is 0.838. The molecular formula is C36H49N3O10. The van der Waals surface area contributed by atoms with Crippen molar-refractivity contribution in [1.29, 1.82) is 0 Å². The molecule has 10 atom stereocenters. The zero-order valence-corrected chi connectivity index (χ0v) is 28.9. The molecule has 1 aromatic carbocycles. The van der Waals surface area contributed by atoms with E-state index in [0.717, 1.165) is 35.7 Å². The number of para-hydroxylation sites is 1. The summed E-state index contributed by atoms with van der Waals surface area (Å²) >= 11 is 0. The van der Waals surface area contributed by atoms with Gasteiger partial charge in [-0.2, -0.15) is 0 Å². The summed E-state index contributed by atoms with van der Waals surface area (Å²) in [7, 11) is 0. The maximum absolute atomic E-state index is 13.3. The topological polar surface area (TPSA) is 175 Å². The number of carboxylic acid groups (broad SMARTS) is 1. The van der Waals surface area contributed by atoms with Crippen LogP contribution in [-0.4, -0.2) is 69.9 Å². The molecule has 13 nitrogen and oxygen atoms in total. The van der Waals surface area contributed by atoms with Crippen molar-refractivity contribution in [3.05, 3.63) is 36.0 Å². The lowest BCUT2D eigenvalue weighted by Gasteiger charge is -2.59. The van der Waals surface area contributed by atoms with E-state index in [1.807, 2.05) is 52.0 Å². The quantitative estimate of drug-likeness (QED) is 0.186. The minimum atomic E-state index is -1.21. The molecule has 2 aromatic rings. The molecule has 5 fully saturated rings. The highest BCUT2D eigenvalue weighted by Crippen LogP contribution is 2.60. The van der Waals surface area contributed by atoms with E-state index in [-0.39, 0.29) is 49.4 Å². The molecule has 2 amide bonds. The number of esters is 1. The van der Waals surface area contributed by atoms with E-state index in [4.69, 9.17) is 24.0 Å². The lowest BCUT2D eigenvalue weighted by atomic mass is 9.58. The van der Waals surface area contributed by atoms with Crippen LogP contribution in [0.3, 0.4) is 0 Å². The number of rotatable bonds is 12. The second kappa shape index (κ2) is 14.0. The van der Waals surface area contributed by atoms with Gasteiger partial charge in [0.15, 0.2) is 11.9 Å². The molecule has 4 saturated heterocycles. The summed E-state index contributed by atoms with van der Waals surface area (Å²) in [4.78, 5) is 66.7. The van der Waals surface area contributed by atoms with Crippen molar-refractivity contribution < 1.29 is 48.3 Å². The summed E-state index contributed by atoms with van der Waals surface area (Å²) in [6.07, 6.45) is 3.39. The van der Waals surface area contributed by atoms with Crippen LogP contribution in [0, 0.1) is 29.6 Å². The molecule has 1 aliphatic carbocycles. The number of benzene rings is 1. The highest BCUT2D eigenvalue weighted by molar-refractivity contribution is 5.91. The Balaban J connectivity index is 1.05. The van der Waals surface area contributed by atoms with Crippen LogP contribution in [0.1, 0.15) is 85.1 Å². The molecule has 1 aromatic heterocycles. The molecule has 5 aliphatic rings. The number of H-pyrrole nitrogens is 1. The van der Waals surface area contributed by atoms with Crippen molar-refractivity contribution in [1.82, 2.24) is 15.6 Å². The van der Waals surface area contributed by atoms with Gasteiger partial charge in [0.2, 0.25) is 23.9 Å². The van der Waals surface area contributed by atoms with E-state index in [0.29, 0.717) is 12.3 Å². The van der Waals surface area contributed by atoms with Gasteiger partial charge in [-0.05, 0) is 62.0 Å². The summed E-state index contributed by atoms with van der Waals surface area (Å²) in [5.74, 6) is -3.50. The van der Waals surface area contributed by atoms with Gasteiger partial charge in [-0.3, -0.25) is 14.4 Å². The number of aliphatic carboxylic acids is 1. The number of carbonyl (C=O) groups is 4. The van der Waals surface area contributed by atoms with E-state index in [1.54, 1.807) is 6.20 Å². The van der Waals surface area contributed by atoms with Crippen molar-refractivity contribution in [2.45, 2.75) is 122 Å². The molecule has 268 valence electrons. The molecule has 4 N–H and O–H groups in total. The molecule has 2 bridgehead atoms. The van der Waals surface area contributed by atoms with Crippen molar-refractivity contribution in [3.63, 3.8) is 0 Å². The van der Waals surface area contributed by atoms with Gasteiger partial charge >= 0.3 is 11.9 Å². The molecule has 1 saturated carbocycles. The van der Waals surface area contributed by atoms with Gasteiger partial charge < -0.3 is 34.9 Å². The van der Waals surface area contributed by atoms with Crippen molar-refractivity contribution in [2.24, 2.45) is 29.6 Å². The fraction of sp³-hybridized carbons (Fsp3) is 0.667. The Labute approximate surface area is 286 Å². The van der Waals surface area contributed by atoms with Crippen LogP contribution in [0.4, 0.5) is 0 Å². The molecule has 13 heteroatoms. The minimum Gasteiger partial charge on any atom is -0.480 e. The summed E-state index contributed by atoms with van der Waals surface area (Å²) in [5, 5.41) is 16.1. The number of aromatic nitrogens is 1. The summed E-state index contributed by atoms with van der Waals surface area (Å²) in [6, 6.07) is 5.32. The average Bonchev–Trinajstić information content (AvgIpc) is 3.32. The number of amides is 2. The Kier molecular flexibility index (Phi) is 10.1. The van der Waals surface area contributed by atoms with Gasteiger partial charge in [-0.15, -0.1) is 0 Å². The molecule has 49 heavy (non-hydrogen) atoms. The molecule has 5 heterocycles. The molecular weight excluding hydrogens is 634 g/mol. The van der Waals surface area contributed by atoms with E-state index >= 15 is 0 Å². The van der Waals surface area contributed by atoms with Gasteiger partial charge in [-0.25, -0.2) is 14.6 Å². The number of hydrogen-bond acceptors (Lipinski definition) is 9. The standard InChI is InChI=1S/C36H49N3O10/c1-19(2)16-27(31(42)39-28(32(43)44)17-22-18-37-26-9-7-6-8-23(22)26)38-29(40)12-13-30(41)45-33-21(4)25-11-10-20(3)24-14-15-35(5)47-34(46-33)36(24,25)49-48-35/h6-9,18-21,24-25,27-28,33-34,37H,10-17H2,1-5H3,(H,38,40)(H,39,42)(H,43,44). The Morgan fingerprint density at radius 3 is 2.55 bits per heavy atom. The largest absolute Gasteiger partial charge is 0.480 e. The zero-order chi connectivity index (χ0) is 35.1. The Bertz CT molecular complexity index is 1560. The first-order valence-electron chi connectivity index (χ1n) is 17.6. The van der Waals surface area contributed by atoms with Crippen LogP contribution in [0.25, 0.3) is 10.9 Å².